The Morgan fingerprint density at radius 2 is 2.00 bits per heavy atom. The van der Waals surface area contributed by atoms with E-state index in [0.717, 1.165) is 16.7 Å². The lowest BCUT2D eigenvalue weighted by molar-refractivity contribution is -0.124. The van der Waals surface area contributed by atoms with Gasteiger partial charge in [0, 0.05) is 18.7 Å². The van der Waals surface area contributed by atoms with Crippen molar-refractivity contribution in [3.63, 3.8) is 0 Å². The maximum atomic E-state index is 13.8. The number of halogens is 1. The highest BCUT2D eigenvalue weighted by Gasteiger charge is 2.34. The minimum atomic E-state index is -0.545. The van der Waals surface area contributed by atoms with E-state index in [9.17, 15) is 23.6 Å². The Labute approximate surface area is 183 Å². The third-order valence-electron chi connectivity index (χ3n) is 4.47. The molecule has 0 aliphatic carbocycles. The van der Waals surface area contributed by atoms with Crippen molar-refractivity contribution in [3.05, 3.63) is 68.7 Å². The van der Waals surface area contributed by atoms with Gasteiger partial charge in [-0.2, -0.15) is 0 Å². The second kappa shape index (κ2) is 8.82. The van der Waals surface area contributed by atoms with Crippen LogP contribution in [0.15, 0.2) is 51.7 Å². The average Bonchev–Trinajstić information content (AvgIpc) is 3.32. The predicted molar refractivity (Wildman–Crippen MR) is 116 cm³/mol. The maximum absolute atomic E-state index is 13.8. The van der Waals surface area contributed by atoms with Crippen LogP contribution in [0, 0.1) is 5.82 Å². The Hall–Kier alpha value is -3.31. The van der Waals surface area contributed by atoms with Crippen molar-refractivity contribution in [2.45, 2.75) is 6.54 Å². The summed E-state index contributed by atoms with van der Waals surface area (Å²) in [5.74, 6) is -1.49. The van der Waals surface area contributed by atoms with E-state index in [4.69, 9.17) is 0 Å². The summed E-state index contributed by atoms with van der Waals surface area (Å²) in [5.41, 5.74) is 0.483. The molecule has 1 saturated heterocycles. The molecule has 31 heavy (non-hydrogen) atoms. The molecule has 158 valence electrons. The summed E-state index contributed by atoms with van der Waals surface area (Å²) in [6.07, 6.45) is 2.64. The van der Waals surface area contributed by atoms with Gasteiger partial charge in [-0.15, -0.1) is 11.3 Å². The highest BCUT2D eigenvalue weighted by atomic mass is 32.2. The van der Waals surface area contributed by atoms with Crippen LogP contribution in [-0.2, 0) is 16.1 Å². The van der Waals surface area contributed by atoms with E-state index in [1.165, 1.54) is 46.5 Å². The number of hydrogen-bond acceptors (Lipinski definition) is 7. The van der Waals surface area contributed by atoms with E-state index in [2.05, 4.69) is 10.3 Å². The average molecular weight is 458 g/mol. The smallest absolute Gasteiger partial charge is 0.293 e. The fraction of sp³-hybridized carbons (Fsp3) is 0.150. The molecule has 0 spiro atoms. The van der Waals surface area contributed by atoms with Gasteiger partial charge in [0.05, 0.1) is 16.7 Å². The van der Waals surface area contributed by atoms with Gasteiger partial charge in [0.15, 0.2) is 0 Å². The maximum Gasteiger partial charge on any atom is 0.293 e. The van der Waals surface area contributed by atoms with E-state index in [-0.39, 0.29) is 35.7 Å². The molecule has 1 aliphatic rings. The molecule has 1 N–H and O–H groups in total. The number of benzene rings is 1. The molecule has 8 nitrogen and oxygen atoms in total. The Morgan fingerprint density at radius 3 is 2.81 bits per heavy atom. The first-order valence-electron chi connectivity index (χ1n) is 9.13. The van der Waals surface area contributed by atoms with E-state index in [1.807, 2.05) is 0 Å². The quantitative estimate of drug-likeness (QED) is 0.570. The van der Waals surface area contributed by atoms with Crippen molar-refractivity contribution >= 4 is 56.4 Å². The molecule has 1 aromatic carbocycles. The Morgan fingerprint density at radius 1 is 1.19 bits per heavy atom. The number of amides is 3. The Balaban J connectivity index is 1.34. The summed E-state index contributed by atoms with van der Waals surface area (Å²) >= 11 is 1.97. The number of thiophene rings is 1. The number of rotatable bonds is 6. The zero-order valence-corrected chi connectivity index (χ0v) is 17.5. The molecule has 3 amide bonds. The lowest BCUT2D eigenvalue weighted by Gasteiger charge is -2.13. The second-order valence-corrected chi connectivity index (χ2v) is 8.43. The third-order valence-corrected chi connectivity index (χ3v) is 6.27. The highest BCUT2D eigenvalue weighted by Crippen LogP contribution is 2.32. The number of imide groups is 1. The van der Waals surface area contributed by atoms with Crippen molar-refractivity contribution in [2.75, 3.05) is 13.1 Å². The monoisotopic (exact) mass is 458 g/mol. The van der Waals surface area contributed by atoms with Gasteiger partial charge in [-0.1, -0.05) is 18.2 Å². The number of carbonyl (C=O) groups excluding carboxylic acids is 3. The molecule has 2 aromatic heterocycles. The molecular formula is C20H15FN4O4S2. The van der Waals surface area contributed by atoms with Gasteiger partial charge in [0.1, 0.15) is 17.1 Å². The third kappa shape index (κ3) is 4.42. The van der Waals surface area contributed by atoms with Crippen LogP contribution in [0.25, 0.3) is 16.3 Å². The summed E-state index contributed by atoms with van der Waals surface area (Å²) < 4.78 is 15.5. The van der Waals surface area contributed by atoms with E-state index >= 15 is 0 Å². The van der Waals surface area contributed by atoms with Crippen molar-refractivity contribution in [1.82, 2.24) is 19.8 Å². The first-order valence-corrected chi connectivity index (χ1v) is 10.8. The molecule has 4 rings (SSSR count). The van der Waals surface area contributed by atoms with Gasteiger partial charge in [-0.05, 0) is 35.4 Å². The number of hydrogen-bond donors (Lipinski definition) is 1. The standard InChI is InChI=1S/C20H15FN4O4S2/c21-13-4-2-1-3-12(13)9-15-18(27)25(20(29)31-15)7-6-22-16(26)10-24-11-23-14-5-8-30-17(14)19(24)28/h1-5,8-9,11H,6-7,10H2,(H,22,26)/b15-9-. The van der Waals surface area contributed by atoms with Crippen molar-refractivity contribution in [1.29, 1.82) is 0 Å². The molecule has 0 saturated carbocycles. The largest absolute Gasteiger partial charge is 0.353 e. The minimum Gasteiger partial charge on any atom is -0.353 e. The molecule has 0 radical (unpaired) electrons. The van der Waals surface area contributed by atoms with Crippen LogP contribution in [-0.4, -0.2) is 44.6 Å². The lowest BCUT2D eigenvalue weighted by Crippen LogP contribution is -2.39. The molecular weight excluding hydrogens is 443 g/mol. The molecule has 1 fully saturated rings. The lowest BCUT2D eigenvalue weighted by atomic mass is 10.2. The zero-order chi connectivity index (χ0) is 22.0. The molecule has 3 heterocycles. The van der Waals surface area contributed by atoms with Gasteiger partial charge in [0.2, 0.25) is 5.91 Å². The topological polar surface area (TPSA) is 101 Å². The fourth-order valence-electron chi connectivity index (χ4n) is 2.94. The fourth-order valence-corrected chi connectivity index (χ4v) is 4.58. The van der Waals surface area contributed by atoms with Crippen molar-refractivity contribution < 1.29 is 18.8 Å². The van der Waals surface area contributed by atoms with Crippen LogP contribution >= 0.6 is 23.1 Å². The molecule has 11 heteroatoms. The minimum absolute atomic E-state index is 0.0211. The summed E-state index contributed by atoms with van der Waals surface area (Å²) in [6.45, 7) is -0.246. The summed E-state index contributed by atoms with van der Waals surface area (Å²) in [7, 11) is 0. The summed E-state index contributed by atoms with van der Waals surface area (Å²) in [5, 5.41) is 3.84. The van der Waals surface area contributed by atoms with E-state index < -0.39 is 22.9 Å². The van der Waals surface area contributed by atoms with Gasteiger partial charge in [0.25, 0.3) is 16.7 Å². The number of nitrogens with zero attached hydrogens (tertiary/aromatic N) is 3. The van der Waals surface area contributed by atoms with Crippen molar-refractivity contribution in [2.24, 2.45) is 0 Å². The summed E-state index contributed by atoms with van der Waals surface area (Å²) in [4.78, 5) is 54.4. The second-order valence-electron chi connectivity index (χ2n) is 6.52. The Bertz CT molecular complexity index is 1280. The van der Waals surface area contributed by atoms with E-state index in [1.54, 1.807) is 17.5 Å². The molecule has 0 atom stereocenters. The normalized spacial score (nSPS) is 15.3. The first-order chi connectivity index (χ1) is 14.9. The number of nitrogens with one attached hydrogen (secondary N) is 1. The van der Waals surface area contributed by atoms with Gasteiger partial charge < -0.3 is 5.32 Å². The Kier molecular flexibility index (Phi) is 5.96. The first kappa shape index (κ1) is 20.9. The number of carbonyl (C=O) groups is 3. The SMILES string of the molecule is O=C(Cn1cnc2ccsc2c1=O)NCCN1C(=O)S/C(=C\c2ccccc2F)C1=O. The van der Waals surface area contributed by atoms with Gasteiger partial charge >= 0.3 is 0 Å². The molecule has 3 aromatic rings. The molecule has 1 aliphatic heterocycles. The zero-order valence-electron chi connectivity index (χ0n) is 15.9. The van der Waals surface area contributed by atoms with Crippen LogP contribution in [0.5, 0.6) is 0 Å². The van der Waals surface area contributed by atoms with Gasteiger partial charge in [-0.3, -0.25) is 28.6 Å². The van der Waals surface area contributed by atoms with Gasteiger partial charge in [-0.25, -0.2) is 9.37 Å². The molecule has 0 bridgehead atoms. The molecule has 0 unspecified atom stereocenters. The highest BCUT2D eigenvalue weighted by molar-refractivity contribution is 8.18. The summed E-state index contributed by atoms with van der Waals surface area (Å²) in [6, 6.07) is 7.66. The van der Waals surface area contributed by atoms with E-state index in [0.29, 0.717) is 10.2 Å². The van der Waals surface area contributed by atoms with Crippen LogP contribution in [0.2, 0.25) is 0 Å². The van der Waals surface area contributed by atoms with Crippen molar-refractivity contribution in [3.8, 4) is 0 Å². The predicted octanol–water partition coefficient (Wildman–Crippen LogP) is 2.45. The van der Waals surface area contributed by atoms with Crippen LogP contribution in [0.3, 0.4) is 0 Å². The number of fused-ring (bicyclic) bond motifs is 1. The number of thioether (sulfide) groups is 1. The van der Waals surface area contributed by atoms with Crippen LogP contribution in [0.1, 0.15) is 5.56 Å². The number of aromatic nitrogens is 2. The van der Waals surface area contributed by atoms with Crippen LogP contribution in [0.4, 0.5) is 9.18 Å². The van der Waals surface area contributed by atoms with Crippen LogP contribution < -0.4 is 10.9 Å².